The zero-order chi connectivity index (χ0) is 15.5. The second-order valence-corrected chi connectivity index (χ2v) is 8.38. The van der Waals surface area contributed by atoms with Crippen molar-refractivity contribution in [1.82, 2.24) is 0 Å². The van der Waals surface area contributed by atoms with Crippen molar-refractivity contribution in [3.05, 3.63) is 11.6 Å². The minimum atomic E-state index is -0.889. The molecule has 0 heterocycles. The number of nitriles is 1. The first-order chi connectivity index (χ1) is 9.63. The Balaban J connectivity index is 1.95. The van der Waals surface area contributed by atoms with E-state index < -0.39 is 17.0 Å². The fourth-order valence-corrected chi connectivity index (χ4v) is 6.10. The van der Waals surface area contributed by atoms with E-state index >= 15 is 0 Å². The van der Waals surface area contributed by atoms with Crippen LogP contribution in [-0.4, -0.2) is 21.8 Å². The number of hydrogen-bond acceptors (Lipinski definition) is 3. The molecule has 21 heavy (non-hydrogen) atoms. The van der Waals surface area contributed by atoms with Crippen LogP contribution in [0.5, 0.6) is 0 Å². The Morgan fingerprint density at radius 1 is 1.24 bits per heavy atom. The first kappa shape index (κ1) is 14.6. The van der Waals surface area contributed by atoms with E-state index in [2.05, 4.69) is 13.0 Å². The molecule has 0 amide bonds. The summed E-state index contributed by atoms with van der Waals surface area (Å²) < 4.78 is 0. The van der Waals surface area contributed by atoms with Gasteiger partial charge in [0.1, 0.15) is 0 Å². The molecule has 0 saturated heterocycles. The Bertz CT molecular complexity index is 553. The molecule has 0 spiro atoms. The van der Waals surface area contributed by atoms with Crippen molar-refractivity contribution in [2.75, 3.05) is 0 Å². The van der Waals surface area contributed by atoms with Gasteiger partial charge in [0.05, 0.1) is 17.1 Å². The average molecular weight is 289 g/mol. The zero-order valence-corrected chi connectivity index (χ0v) is 12.8. The highest BCUT2D eigenvalue weighted by atomic mass is 16.4. The predicted molar refractivity (Wildman–Crippen MR) is 77.2 cm³/mol. The molecule has 0 radical (unpaired) electrons. The third-order valence-corrected chi connectivity index (χ3v) is 5.82. The second kappa shape index (κ2) is 4.10. The van der Waals surface area contributed by atoms with Crippen LogP contribution in [0.2, 0.25) is 0 Å². The molecule has 0 aromatic rings. The summed E-state index contributed by atoms with van der Waals surface area (Å²) in [6.07, 6.45) is 7.21. The fourth-order valence-electron chi connectivity index (χ4n) is 6.10. The molecular formula is C17H23NO3. The van der Waals surface area contributed by atoms with Gasteiger partial charge in [-0.15, -0.1) is 0 Å². The van der Waals surface area contributed by atoms with Gasteiger partial charge in [0.2, 0.25) is 0 Å². The molecule has 4 atom stereocenters. The maximum Gasteiger partial charge on any atom is 0.330 e. The summed E-state index contributed by atoms with van der Waals surface area (Å²) in [7, 11) is 0. The van der Waals surface area contributed by atoms with E-state index in [1.54, 1.807) is 13.0 Å². The van der Waals surface area contributed by atoms with E-state index in [9.17, 15) is 15.2 Å². The first-order valence-electron chi connectivity index (χ1n) is 7.67. The van der Waals surface area contributed by atoms with Gasteiger partial charge in [-0.3, -0.25) is 0 Å². The van der Waals surface area contributed by atoms with E-state index in [1.165, 1.54) is 0 Å². The number of aliphatic carboxylic acids is 1. The number of rotatable bonds is 3. The highest BCUT2D eigenvalue weighted by Gasteiger charge is 2.66. The van der Waals surface area contributed by atoms with E-state index in [-0.39, 0.29) is 10.8 Å². The molecule has 4 saturated carbocycles. The lowest BCUT2D eigenvalue weighted by atomic mass is 9.38. The van der Waals surface area contributed by atoms with Gasteiger partial charge in [0.25, 0.3) is 0 Å². The largest absolute Gasteiger partial charge is 0.478 e. The van der Waals surface area contributed by atoms with Crippen LogP contribution in [0.1, 0.15) is 58.8 Å². The molecule has 0 aromatic carbocycles. The summed E-state index contributed by atoms with van der Waals surface area (Å²) in [6, 6.07) is 2.50. The molecule has 114 valence electrons. The van der Waals surface area contributed by atoms with E-state index in [0.717, 1.165) is 25.7 Å². The predicted octanol–water partition coefficient (Wildman–Crippen LogP) is 3.02. The number of carboxylic acids is 1. The molecule has 4 bridgehead atoms. The van der Waals surface area contributed by atoms with Crippen molar-refractivity contribution in [2.45, 2.75) is 64.4 Å². The van der Waals surface area contributed by atoms with Gasteiger partial charge in [-0.05, 0) is 62.7 Å². The molecule has 0 aliphatic heterocycles. The molecule has 4 nitrogen and oxygen atoms in total. The summed E-state index contributed by atoms with van der Waals surface area (Å²) in [4.78, 5) is 11.0. The van der Waals surface area contributed by atoms with Crippen LogP contribution >= 0.6 is 0 Å². The maximum atomic E-state index is 11.0. The third-order valence-electron chi connectivity index (χ3n) is 5.82. The molecule has 2 N–H and O–H groups in total. The van der Waals surface area contributed by atoms with Crippen LogP contribution < -0.4 is 0 Å². The number of aliphatic hydroxyl groups is 1. The van der Waals surface area contributed by atoms with Gasteiger partial charge in [-0.2, -0.15) is 5.26 Å². The monoisotopic (exact) mass is 289 g/mol. The summed E-state index contributed by atoms with van der Waals surface area (Å²) in [5.41, 5.74) is -0.878. The number of carbonyl (C=O) groups is 1. The Kier molecular flexibility index (Phi) is 2.85. The van der Waals surface area contributed by atoms with Crippen molar-refractivity contribution >= 4 is 5.97 Å². The van der Waals surface area contributed by atoms with Crippen molar-refractivity contribution in [2.24, 2.45) is 16.2 Å². The molecule has 4 heteroatoms. The molecule has 0 aromatic heterocycles. The lowest BCUT2D eigenvalue weighted by Crippen LogP contribution is -2.63. The Morgan fingerprint density at radius 3 is 2.52 bits per heavy atom. The number of hydrogen-bond donors (Lipinski definition) is 2. The fraction of sp³-hybridized carbons (Fsp3) is 0.765. The minimum absolute atomic E-state index is 0.0181. The van der Waals surface area contributed by atoms with Gasteiger partial charge in [-0.25, -0.2) is 4.79 Å². The standard InChI is InChI=1S/C17H23NO3/c1-12(13(19)20)3-4-15-5-14(2)6-16(8-15,11-18)10-17(21,7-14)9-15/h3,21H,4-10H2,1-2H3,(H,19,20). The van der Waals surface area contributed by atoms with Gasteiger partial charge in [0, 0.05) is 5.57 Å². The number of nitrogens with zero attached hydrogens (tertiary/aromatic N) is 1. The Hall–Kier alpha value is -1.34. The van der Waals surface area contributed by atoms with Crippen molar-refractivity contribution in [3.63, 3.8) is 0 Å². The normalized spacial score (nSPS) is 48.2. The van der Waals surface area contributed by atoms with E-state index in [4.69, 9.17) is 5.11 Å². The lowest BCUT2D eigenvalue weighted by molar-refractivity contribution is -0.213. The number of allylic oxidation sites excluding steroid dienone is 1. The lowest BCUT2D eigenvalue weighted by Gasteiger charge is -2.66. The molecule has 4 aliphatic carbocycles. The molecule has 4 aliphatic rings. The summed E-state index contributed by atoms with van der Waals surface area (Å²) in [6.45, 7) is 3.80. The molecular weight excluding hydrogens is 266 g/mol. The summed E-state index contributed by atoms with van der Waals surface area (Å²) in [5.74, 6) is -0.889. The van der Waals surface area contributed by atoms with Crippen LogP contribution in [-0.2, 0) is 4.79 Å². The second-order valence-electron chi connectivity index (χ2n) is 8.38. The topological polar surface area (TPSA) is 81.3 Å². The Labute approximate surface area is 125 Å². The van der Waals surface area contributed by atoms with Crippen LogP contribution in [0, 0.1) is 27.6 Å². The minimum Gasteiger partial charge on any atom is -0.478 e. The van der Waals surface area contributed by atoms with Crippen molar-refractivity contribution in [1.29, 1.82) is 5.26 Å². The number of carboxylic acid groups (broad SMARTS) is 1. The highest BCUT2D eigenvalue weighted by Crippen LogP contribution is 2.71. The highest BCUT2D eigenvalue weighted by molar-refractivity contribution is 5.85. The van der Waals surface area contributed by atoms with Gasteiger partial charge < -0.3 is 10.2 Å². The SMILES string of the molecule is CC(=CCC12CC3(C)CC(O)(CC(C#N)(C3)C1)C2)C(=O)O. The van der Waals surface area contributed by atoms with Crippen LogP contribution in [0.3, 0.4) is 0 Å². The van der Waals surface area contributed by atoms with Crippen LogP contribution in [0.4, 0.5) is 0 Å². The maximum absolute atomic E-state index is 11.0. The smallest absolute Gasteiger partial charge is 0.330 e. The summed E-state index contributed by atoms with van der Waals surface area (Å²) >= 11 is 0. The van der Waals surface area contributed by atoms with Crippen molar-refractivity contribution < 1.29 is 15.0 Å². The van der Waals surface area contributed by atoms with E-state index in [0.29, 0.717) is 24.8 Å². The van der Waals surface area contributed by atoms with Crippen LogP contribution in [0.15, 0.2) is 11.6 Å². The van der Waals surface area contributed by atoms with Gasteiger partial charge >= 0.3 is 5.97 Å². The zero-order valence-electron chi connectivity index (χ0n) is 12.8. The quantitative estimate of drug-likeness (QED) is 0.782. The third kappa shape index (κ3) is 2.28. The van der Waals surface area contributed by atoms with Gasteiger partial charge in [-0.1, -0.05) is 13.0 Å². The van der Waals surface area contributed by atoms with Crippen LogP contribution in [0.25, 0.3) is 0 Å². The Morgan fingerprint density at radius 2 is 1.95 bits per heavy atom. The first-order valence-corrected chi connectivity index (χ1v) is 7.67. The summed E-state index contributed by atoms with van der Waals surface area (Å²) in [5, 5.41) is 29.6. The average Bonchev–Trinajstić information content (AvgIpc) is 2.31. The molecule has 4 rings (SSSR count). The van der Waals surface area contributed by atoms with Crippen molar-refractivity contribution in [3.8, 4) is 6.07 Å². The van der Waals surface area contributed by atoms with E-state index in [1.807, 2.05) is 0 Å². The molecule has 4 unspecified atom stereocenters. The molecule has 4 fully saturated rings. The van der Waals surface area contributed by atoms with Gasteiger partial charge in [0.15, 0.2) is 0 Å².